The van der Waals surface area contributed by atoms with Crippen LogP contribution in [0.15, 0.2) is 16.9 Å². The minimum Gasteiger partial charge on any atom is -0.465 e. The Labute approximate surface area is 75.6 Å². The van der Waals surface area contributed by atoms with Gasteiger partial charge in [0.05, 0.1) is 11.9 Å². The first-order chi connectivity index (χ1) is 5.59. The van der Waals surface area contributed by atoms with Crippen molar-refractivity contribution in [2.45, 2.75) is 0 Å². The lowest BCUT2D eigenvalue weighted by molar-refractivity contribution is 0.209. The van der Waals surface area contributed by atoms with Crippen molar-refractivity contribution in [3.63, 3.8) is 0 Å². The van der Waals surface area contributed by atoms with Gasteiger partial charge in [-0.25, -0.2) is 14.2 Å². The van der Waals surface area contributed by atoms with Gasteiger partial charge in [-0.05, 0) is 22.0 Å². The Balaban J connectivity index is 2.97. The predicted octanol–water partition coefficient (Wildman–Crippen LogP) is 2.07. The predicted molar refractivity (Wildman–Crippen MR) is 43.5 cm³/mol. The zero-order valence-corrected chi connectivity index (χ0v) is 7.30. The molecule has 4 nitrogen and oxygen atoms in total. The van der Waals surface area contributed by atoms with Crippen LogP contribution in [-0.2, 0) is 0 Å². The number of hydrogen-bond acceptors (Lipinski definition) is 2. The molecular formula is C6H4BrFN2O2. The molecular weight excluding hydrogens is 231 g/mol. The molecule has 2 N–H and O–H groups in total. The Hall–Kier alpha value is -1.17. The summed E-state index contributed by atoms with van der Waals surface area (Å²) in [6, 6.07) is 1.24. The first kappa shape index (κ1) is 8.92. The lowest BCUT2D eigenvalue weighted by Gasteiger charge is -2.01. The summed E-state index contributed by atoms with van der Waals surface area (Å²) in [6.07, 6.45) is -0.387. The largest absolute Gasteiger partial charge is 0.465 e. The molecule has 0 aliphatic rings. The van der Waals surface area contributed by atoms with Gasteiger partial charge in [-0.1, -0.05) is 0 Å². The summed E-state index contributed by atoms with van der Waals surface area (Å²) in [4.78, 5) is 13.7. The van der Waals surface area contributed by atoms with E-state index in [0.29, 0.717) is 4.60 Å². The van der Waals surface area contributed by atoms with Crippen molar-refractivity contribution in [2.24, 2.45) is 0 Å². The van der Waals surface area contributed by atoms with E-state index in [-0.39, 0.29) is 5.69 Å². The van der Waals surface area contributed by atoms with Crippen LogP contribution in [0.3, 0.4) is 0 Å². The summed E-state index contributed by atoms with van der Waals surface area (Å²) in [5.41, 5.74) is -0.121. The molecule has 0 saturated heterocycles. The normalized spacial score (nSPS) is 9.50. The molecule has 1 aromatic heterocycles. The fourth-order valence-corrected chi connectivity index (χ4v) is 0.955. The Morgan fingerprint density at radius 2 is 2.42 bits per heavy atom. The maximum Gasteiger partial charge on any atom is 0.409 e. The summed E-state index contributed by atoms with van der Waals surface area (Å²) >= 11 is 2.98. The first-order valence-corrected chi connectivity index (χ1v) is 3.70. The molecule has 0 fully saturated rings. The van der Waals surface area contributed by atoms with Crippen molar-refractivity contribution in [1.82, 2.24) is 4.98 Å². The van der Waals surface area contributed by atoms with E-state index >= 15 is 0 Å². The molecule has 1 amide bonds. The molecule has 6 heteroatoms. The maximum absolute atomic E-state index is 12.7. The molecule has 0 atom stereocenters. The number of rotatable bonds is 1. The fraction of sp³-hybridized carbons (Fsp3) is 0. The number of halogens is 2. The van der Waals surface area contributed by atoms with Crippen molar-refractivity contribution in [3.8, 4) is 0 Å². The number of aromatic nitrogens is 1. The van der Waals surface area contributed by atoms with Crippen molar-refractivity contribution >= 4 is 27.7 Å². The van der Waals surface area contributed by atoms with E-state index in [1.165, 1.54) is 6.07 Å². The standard InChI is InChI=1S/C6H4BrFN2O2/c7-5-1-4(10-6(11)12)3(8)2-9-5/h1-2H,(H,9,10)(H,11,12). The number of amides is 1. The van der Waals surface area contributed by atoms with Crippen molar-refractivity contribution < 1.29 is 14.3 Å². The number of nitrogens with zero attached hydrogens (tertiary/aromatic N) is 1. The summed E-state index contributed by atoms with van der Waals surface area (Å²) in [5.74, 6) is -0.708. The molecule has 64 valence electrons. The van der Waals surface area contributed by atoms with Gasteiger partial charge in [0.15, 0.2) is 5.82 Å². The van der Waals surface area contributed by atoms with Gasteiger partial charge >= 0.3 is 6.09 Å². The molecule has 1 heterocycles. The average molecular weight is 235 g/mol. The molecule has 0 aliphatic heterocycles. The Kier molecular flexibility index (Phi) is 2.59. The van der Waals surface area contributed by atoms with Crippen LogP contribution in [0.2, 0.25) is 0 Å². The van der Waals surface area contributed by atoms with Crippen molar-refractivity contribution in [3.05, 3.63) is 22.7 Å². The summed E-state index contributed by atoms with van der Waals surface area (Å²) in [6.45, 7) is 0. The average Bonchev–Trinajstić information content (AvgIpc) is 1.96. The second kappa shape index (κ2) is 3.48. The third kappa shape index (κ3) is 2.16. The third-order valence-electron chi connectivity index (χ3n) is 1.06. The van der Waals surface area contributed by atoms with Gasteiger partial charge in [0.25, 0.3) is 0 Å². The maximum atomic E-state index is 12.7. The van der Waals surface area contributed by atoms with Crippen LogP contribution in [0, 0.1) is 5.82 Å². The minimum absolute atomic E-state index is 0.121. The topological polar surface area (TPSA) is 62.2 Å². The minimum atomic E-state index is -1.31. The van der Waals surface area contributed by atoms with E-state index in [0.717, 1.165) is 6.20 Å². The summed E-state index contributed by atoms with van der Waals surface area (Å²) in [5, 5.41) is 10.2. The monoisotopic (exact) mass is 234 g/mol. The van der Waals surface area contributed by atoms with Crippen LogP contribution in [0.4, 0.5) is 14.9 Å². The Bertz CT molecular complexity index is 318. The number of anilines is 1. The number of nitrogens with one attached hydrogen (secondary N) is 1. The van der Waals surface area contributed by atoms with E-state index in [1.54, 1.807) is 0 Å². The lowest BCUT2D eigenvalue weighted by atomic mass is 10.4. The van der Waals surface area contributed by atoms with Crippen LogP contribution in [0.25, 0.3) is 0 Å². The highest BCUT2D eigenvalue weighted by molar-refractivity contribution is 9.10. The molecule has 0 saturated carbocycles. The summed E-state index contributed by atoms with van der Waals surface area (Å²) < 4.78 is 13.1. The van der Waals surface area contributed by atoms with Gasteiger partial charge in [0.1, 0.15) is 4.60 Å². The third-order valence-corrected chi connectivity index (χ3v) is 1.50. The van der Waals surface area contributed by atoms with Crippen molar-refractivity contribution in [1.29, 1.82) is 0 Å². The Morgan fingerprint density at radius 3 is 3.00 bits per heavy atom. The van der Waals surface area contributed by atoms with Crippen LogP contribution in [0.5, 0.6) is 0 Å². The highest BCUT2D eigenvalue weighted by Crippen LogP contribution is 2.16. The smallest absolute Gasteiger partial charge is 0.409 e. The van der Waals surface area contributed by atoms with Crippen LogP contribution < -0.4 is 5.32 Å². The highest BCUT2D eigenvalue weighted by Gasteiger charge is 2.05. The molecule has 12 heavy (non-hydrogen) atoms. The molecule has 0 spiro atoms. The lowest BCUT2D eigenvalue weighted by Crippen LogP contribution is -2.08. The zero-order chi connectivity index (χ0) is 9.14. The first-order valence-electron chi connectivity index (χ1n) is 2.90. The Morgan fingerprint density at radius 1 is 1.75 bits per heavy atom. The quantitative estimate of drug-likeness (QED) is 0.732. The molecule has 0 aromatic carbocycles. The van der Waals surface area contributed by atoms with Gasteiger partial charge in [-0.15, -0.1) is 0 Å². The molecule has 0 bridgehead atoms. The van der Waals surface area contributed by atoms with E-state index < -0.39 is 11.9 Å². The highest BCUT2D eigenvalue weighted by atomic mass is 79.9. The molecule has 1 rings (SSSR count). The fourth-order valence-electron chi connectivity index (χ4n) is 0.624. The second-order valence-electron chi connectivity index (χ2n) is 1.92. The number of carbonyl (C=O) groups is 1. The van der Waals surface area contributed by atoms with Gasteiger partial charge in [0.2, 0.25) is 0 Å². The van der Waals surface area contributed by atoms with Crippen molar-refractivity contribution in [2.75, 3.05) is 5.32 Å². The van der Waals surface area contributed by atoms with Crippen LogP contribution >= 0.6 is 15.9 Å². The van der Waals surface area contributed by atoms with E-state index in [1.807, 2.05) is 5.32 Å². The number of carboxylic acid groups (broad SMARTS) is 1. The van der Waals surface area contributed by atoms with Gasteiger partial charge < -0.3 is 5.11 Å². The zero-order valence-electron chi connectivity index (χ0n) is 5.71. The molecule has 0 unspecified atom stereocenters. The van der Waals surface area contributed by atoms with Gasteiger partial charge in [0, 0.05) is 0 Å². The number of hydrogen-bond donors (Lipinski definition) is 2. The van der Waals surface area contributed by atoms with E-state index in [2.05, 4.69) is 20.9 Å². The van der Waals surface area contributed by atoms with E-state index in [4.69, 9.17) is 5.11 Å². The van der Waals surface area contributed by atoms with Gasteiger partial charge in [-0.3, -0.25) is 5.32 Å². The van der Waals surface area contributed by atoms with E-state index in [9.17, 15) is 9.18 Å². The second-order valence-corrected chi connectivity index (χ2v) is 2.73. The molecule has 0 aliphatic carbocycles. The van der Waals surface area contributed by atoms with Crippen LogP contribution in [-0.4, -0.2) is 16.2 Å². The summed E-state index contributed by atoms with van der Waals surface area (Å²) in [7, 11) is 0. The van der Waals surface area contributed by atoms with Gasteiger partial charge in [-0.2, -0.15) is 0 Å². The number of pyridine rings is 1. The van der Waals surface area contributed by atoms with Crippen LogP contribution in [0.1, 0.15) is 0 Å². The SMILES string of the molecule is O=C(O)Nc1cc(Br)ncc1F. The molecule has 0 radical (unpaired) electrons. The molecule has 1 aromatic rings.